The molecule has 3 aliphatic rings. The highest BCUT2D eigenvalue weighted by Gasteiger charge is 2.57. The van der Waals surface area contributed by atoms with Gasteiger partial charge < -0.3 is 15.0 Å². The van der Waals surface area contributed by atoms with Crippen molar-refractivity contribution in [3.63, 3.8) is 0 Å². The minimum atomic E-state index is -0.987. The molecule has 1 aromatic rings. The minimum Gasteiger partial charge on any atom is -0.497 e. The molecule has 4 rings (SSSR count). The first-order chi connectivity index (χ1) is 11.0. The number of urea groups is 1. The SMILES string of the molecule is COc1ccc2c(c1)C(=O)N(CC1(C3CC3)NC(=O)NC1=O)C2. The fourth-order valence-electron chi connectivity index (χ4n) is 3.51. The van der Waals surface area contributed by atoms with Gasteiger partial charge in [-0.05, 0) is 36.5 Å². The lowest BCUT2D eigenvalue weighted by atomic mass is 9.92. The van der Waals surface area contributed by atoms with Crippen molar-refractivity contribution in [1.29, 1.82) is 0 Å². The lowest BCUT2D eigenvalue weighted by Gasteiger charge is -2.30. The minimum absolute atomic E-state index is 0.0972. The van der Waals surface area contributed by atoms with Crippen molar-refractivity contribution in [3.05, 3.63) is 29.3 Å². The van der Waals surface area contributed by atoms with Gasteiger partial charge in [-0.3, -0.25) is 14.9 Å². The molecule has 2 N–H and O–H groups in total. The molecule has 0 aromatic heterocycles. The summed E-state index contributed by atoms with van der Waals surface area (Å²) < 4.78 is 5.16. The first-order valence-corrected chi connectivity index (χ1v) is 7.63. The largest absolute Gasteiger partial charge is 0.497 e. The van der Waals surface area contributed by atoms with Gasteiger partial charge in [0.25, 0.3) is 11.8 Å². The van der Waals surface area contributed by atoms with Gasteiger partial charge in [-0.1, -0.05) is 6.07 Å². The number of hydrogen-bond donors (Lipinski definition) is 2. The highest BCUT2D eigenvalue weighted by Crippen LogP contribution is 2.42. The number of nitrogens with zero attached hydrogens (tertiary/aromatic N) is 1. The van der Waals surface area contributed by atoms with Crippen LogP contribution in [0, 0.1) is 5.92 Å². The molecule has 23 heavy (non-hydrogen) atoms. The summed E-state index contributed by atoms with van der Waals surface area (Å²) in [5.74, 6) is 0.266. The van der Waals surface area contributed by atoms with Gasteiger partial charge in [0.1, 0.15) is 11.3 Å². The maximum absolute atomic E-state index is 12.7. The number of hydrogen-bond acceptors (Lipinski definition) is 4. The van der Waals surface area contributed by atoms with Gasteiger partial charge in [0, 0.05) is 12.1 Å². The summed E-state index contributed by atoms with van der Waals surface area (Å²) in [6.07, 6.45) is 1.77. The van der Waals surface area contributed by atoms with Gasteiger partial charge in [0.15, 0.2) is 0 Å². The van der Waals surface area contributed by atoms with Gasteiger partial charge in [-0.25, -0.2) is 4.79 Å². The Labute approximate surface area is 133 Å². The van der Waals surface area contributed by atoms with Crippen LogP contribution >= 0.6 is 0 Å². The topological polar surface area (TPSA) is 87.7 Å². The van der Waals surface area contributed by atoms with E-state index < -0.39 is 11.6 Å². The zero-order valence-corrected chi connectivity index (χ0v) is 12.7. The molecule has 4 amide bonds. The Bertz CT molecular complexity index is 728. The number of benzene rings is 1. The van der Waals surface area contributed by atoms with Crippen LogP contribution in [0.2, 0.25) is 0 Å². The Balaban J connectivity index is 1.61. The fraction of sp³-hybridized carbons (Fsp3) is 0.438. The smallest absolute Gasteiger partial charge is 0.322 e. The van der Waals surface area contributed by atoms with E-state index in [1.54, 1.807) is 18.1 Å². The Morgan fingerprint density at radius 2 is 2.09 bits per heavy atom. The standard InChI is InChI=1S/C16H17N3O4/c1-23-11-5-2-9-7-19(13(20)12(9)6-11)8-16(10-3-4-10)14(21)17-15(22)18-16/h2,5-6,10H,3-4,7-8H2,1H3,(H2,17,18,21,22). The van der Waals surface area contributed by atoms with E-state index in [4.69, 9.17) is 4.74 Å². The Morgan fingerprint density at radius 3 is 2.70 bits per heavy atom. The van der Waals surface area contributed by atoms with Crippen molar-refractivity contribution >= 4 is 17.8 Å². The molecule has 2 fully saturated rings. The number of imide groups is 1. The monoisotopic (exact) mass is 315 g/mol. The third kappa shape index (κ3) is 2.07. The van der Waals surface area contributed by atoms with E-state index in [1.807, 2.05) is 12.1 Å². The summed E-state index contributed by atoms with van der Waals surface area (Å²) in [4.78, 5) is 38.2. The molecule has 0 radical (unpaired) electrons. The van der Waals surface area contributed by atoms with Crippen LogP contribution in [-0.4, -0.2) is 41.9 Å². The molecule has 120 valence electrons. The Morgan fingerprint density at radius 1 is 1.30 bits per heavy atom. The molecule has 2 aliphatic heterocycles. The summed E-state index contributed by atoms with van der Waals surface area (Å²) in [7, 11) is 1.55. The maximum Gasteiger partial charge on any atom is 0.322 e. The Hall–Kier alpha value is -2.57. The maximum atomic E-state index is 12.7. The van der Waals surface area contributed by atoms with Crippen molar-refractivity contribution in [2.24, 2.45) is 5.92 Å². The quantitative estimate of drug-likeness (QED) is 0.798. The molecular formula is C16H17N3O4. The van der Waals surface area contributed by atoms with Crippen molar-refractivity contribution in [3.8, 4) is 5.75 Å². The van der Waals surface area contributed by atoms with Crippen LogP contribution in [-0.2, 0) is 11.3 Å². The van der Waals surface area contributed by atoms with E-state index >= 15 is 0 Å². The van der Waals surface area contributed by atoms with Crippen LogP contribution in [0.1, 0.15) is 28.8 Å². The molecule has 1 aromatic carbocycles. The van der Waals surface area contributed by atoms with Crippen LogP contribution < -0.4 is 15.4 Å². The van der Waals surface area contributed by atoms with Crippen molar-refractivity contribution < 1.29 is 19.1 Å². The molecule has 1 aliphatic carbocycles. The number of fused-ring (bicyclic) bond motifs is 1. The third-order valence-corrected chi connectivity index (χ3v) is 4.88. The van der Waals surface area contributed by atoms with Gasteiger partial charge in [-0.15, -0.1) is 0 Å². The van der Waals surface area contributed by atoms with E-state index in [0.29, 0.717) is 17.9 Å². The summed E-state index contributed by atoms with van der Waals surface area (Å²) >= 11 is 0. The second-order valence-electron chi connectivity index (χ2n) is 6.34. The summed E-state index contributed by atoms with van der Waals surface area (Å²) in [5.41, 5.74) is 0.519. The first-order valence-electron chi connectivity index (χ1n) is 7.63. The van der Waals surface area contributed by atoms with E-state index in [1.165, 1.54) is 0 Å². The number of methoxy groups -OCH3 is 1. The van der Waals surface area contributed by atoms with Crippen LogP contribution in [0.3, 0.4) is 0 Å². The number of nitrogens with one attached hydrogen (secondary N) is 2. The zero-order valence-electron chi connectivity index (χ0n) is 12.7. The molecule has 0 spiro atoms. The van der Waals surface area contributed by atoms with Gasteiger partial charge in [-0.2, -0.15) is 0 Å². The summed E-state index contributed by atoms with van der Waals surface area (Å²) in [5, 5.41) is 5.07. The molecule has 7 heteroatoms. The molecule has 0 bridgehead atoms. The predicted octanol–water partition coefficient (Wildman–Crippen LogP) is 0.639. The highest BCUT2D eigenvalue weighted by atomic mass is 16.5. The first kappa shape index (κ1) is 14.0. The average Bonchev–Trinajstić information content (AvgIpc) is 3.28. The lowest BCUT2D eigenvalue weighted by Crippen LogP contribution is -2.57. The summed E-state index contributed by atoms with van der Waals surface area (Å²) in [6, 6.07) is 4.92. The number of rotatable bonds is 4. The van der Waals surface area contributed by atoms with Crippen LogP contribution in [0.5, 0.6) is 5.75 Å². The van der Waals surface area contributed by atoms with Gasteiger partial charge in [0.05, 0.1) is 13.7 Å². The molecule has 7 nitrogen and oxygen atoms in total. The zero-order chi connectivity index (χ0) is 16.2. The molecule has 1 saturated heterocycles. The molecule has 1 saturated carbocycles. The molecular weight excluding hydrogens is 298 g/mol. The van der Waals surface area contributed by atoms with E-state index in [0.717, 1.165) is 18.4 Å². The van der Waals surface area contributed by atoms with Crippen LogP contribution in [0.4, 0.5) is 4.79 Å². The van der Waals surface area contributed by atoms with Crippen molar-refractivity contribution in [2.45, 2.75) is 24.9 Å². The van der Waals surface area contributed by atoms with E-state index in [2.05, 4.69) is 10.6 Å². The number of amides is 4. The van der Waals surface area contributed by atoms with Crippen molar-refractivity contribution in [1.82, 2.24) is 15.5 Å². The highest BCUT2D eigenvalue weighted by molar-refractivity contribution is 6.08. The second-order valence-corrected chi connectivity index (χ2v) is 6.34. The number of ether oxygens (including phenoxy) is 1. The van der Waals surface area contributed by atoms with Crippen molar-refractivity contribution in [2.75, 3.05) is 13.7 Å². The molecule has 2 heterocycles. The predicted molar refractivity (Wildman–Crippen MR) is 79.9 cm³/mol. The second kappa shape index (κ2) is 4.71. The number of carbonyl (C=O) groups is 3. The van der Waals surface area contributed by atoms with E-state index in [9.17, 15) is 14.4 Å². The fourth-order valence-corrected chi connectivity index (χ4v) is 3.51. The van der Waals surface area contributed by atoms with E-state index in [-0.39, 0.29) is 24.3 Å². The molecule has 1 unspecified atom stereocenters. The average molecular weight is 315 g/mol. The molecule has 1 atom stereocenters. The van der Waals surface area contributed by atoms with Crippen LogP contribution in [0.15, 0.2) is 18.2 Å². The Kier molecular flexibility index (Phi) is 2.88. The third-order valence-electron chi connectivity index (χ3n) is 4.88. The normalized spacial score (nSPS) is 26.1. The van der Waals surface area contributed by atoms with Gasteiger partial charge >= 0.3 is 6.03 Å². The lowest BCUT2D eigenvalue weighted by molar-refractivity contribution is -0.125. The summed E-state index contributed by atoms with van der Waals surface area (Å²) in [6.45, 7) is 0.640. The van der Waals surface area contributed by atoms with Gasteiger partial charge in [0.2, 0.25) is 0 Å². The van der Waals surface area contributed by atoms with Crippen LogP contribution in [0.25, 0.3) is 0 Å². The number of carbonyl (C=O) groups excluding carboxylic acids is 3.